The molecule has 3 heteroatoms. The number of benzene rings is 1. The molecule has 6 atom stereocenters. The van der Waals surface area contributed by atoms with Crippen molar-refractivity contribution in [2.24, 2.45) is 28.6 Å². The fourth-order valence-electron chi connectivity index (χ4n) is 7.62. The zero-order valence-corrected chi connectivity index (χ0v) is 20.3. The molecule has 5 rings (SSSR count). The van der Waals surface area contributed by atoms with Crippen LogP contribution in [0.4, 0.5) is 0 Å². The van der Waals surface area contributed by atoms with Crippen LogP contribution in [0.2, 0.25) is 0 Å². The molecule has 176 valence electrons. The maximum atomic E-state index is 11.8. The second kappa shape index (κ2) is 9.33. The lowest BCUT2D eigenvalue weighted by Crippen LogP contribution is -2.51. The van der Waals surface area contributed by atoms with Gasteiger partial charge in [-0.3, -0.25) is 4.79 Å². The number of aliphatic hydroxyl groups excluding tert-OH is 1. The van der Waals surface area contributed by atoms with Gasteiger partial charge in [-0.15, -0.1) is 0 Å². The van der Waals surface area contributed by atoms with Crippen LogP contribution in [-0.2, 0) is 11.2 Å². The quantitative estimate of drug-likeness (QED) is 0.558. The highest BCUT2D eigenvalue weighted by molar-refractivity contribution is 5.91. The van der Waals surface area contributed by atoms with E-state index in [1.54, 1.807) is 6.07 Å². The maximum Gasteiger partial charge on any atom is 0.155 e. The van der Waals surface area contributed by atoms with Gasteiger partial charge >= 0.3 is 0 Å². The molecule has 3 saturated carbocycles. The number of aryl methyl sites for hydroxylation is 1. The Morgan fingerprint density at radius 2 is 1.84 bits per heavy atom. The van der Waals surface area contributed by atoms with Crippen LogP contribution in [0.5, 0.6) is 5.75 Å². The van der Waals surface area contributed by atoms with Crippen molar-refractivity contribution < 1.29 is 15.0 Å². The molecule has 0 radical (unpaired) electrons. The summed E-state index contributed by atoms with van der Waals surface area (Å²) >= 11 is 0. The van der Waals surface area contributed by atoms with E-state index in [-0.39, 0.29) is 16.9 Å². The Morgan fingerprint density at radius 3 is 2.59 bits per heavy atom. The van der Waals surface area contributed by atoms with Crippen molar-refractivity contribution in [3.05, 3.63) is 41.5 Å². The summed E-state index contributed by atoms with van der Waals surface area (Å²) in [6.07, 6.45) is 14.2. The number of fused-ring (bicyclic) bond motifs is 5. The average molecular weight is 439 g/mol. The van der Waals surface area contributed by atoms with Crippen LogP contribution in [0.25, 0.3) is 0 Å². The van der Waals surface area contributed by atoms with E-state index in [2.05, 4.69) is 26.8 Å². The number of aliphatic hydroxyl groups is 1. The molecule has 0 heterocycles. The molecule has 3 nitrogen and oxygen atoms in total. The summed E-state index contributed by atoms with van der Waals surface area (Å²) in [6, 6.07) is 7.47. The largest absolute Gasteiger partial charge is 0.508 e. The predicted molar refractivity (Wildman–Crippen MR) is 129 cm³/mol. The first kappa shape index (κ1) is 23.5. The second-order valence-electron chi connectivity index (χ2n) is 11.4. The molecule has 0 amide bonds. The number of carbonyl (C=O) groups excluding carboxylic acids is 1. The molecule has 3 fully saturated rings. The van der Waals surface area contributed by atoms with Crippen LogP contribution in [0, 0.1) is 28.6 Å². The van der Waals surface area contributed by atoms with E-state index in [0.29, 0.717) is 17.5 Å². The number of rotatable bonds is 3. The summed E-state index contributed by atoms with van der Waals surface area (Å²) in [5, 5.41) is 19.6. The van der Waals surface area contributed by atoms with Crippen molar-refractivity contribution in [1.29, 1.82) is 0 Å². The number of phenols is 1. The highest BCUT2D eigenvalue weighted by atomic mass is 16.3. The fraction of sp³-hybridized carbons (Fsp3) is 0.690. The van der Waals surface area contributed by atoms with Gasteiger partial charge in [0.05, 0.1) is 6.10 Å². The van der Waals surface area contributed by atoms with Crippen LogP contribution in [0.3, 0.4) is 0 Å². The Hall–Kier alpha value is -1.61. The minimum atomic E-state index is -0.0823. The summed E-state index contributed by atoms with van der Waals surface area (Å²) in [4.78, 5) is 11.8. The first-order chi connectivity index (χ1) is 15.3. The van der Waals surface area contributed by atoms with E-state index < -0.39 is 0 Å². The third kappa shape index (κ3) is 4.30. The van der Waals surface area contributed by atoms with Crippen molar-refractivity contribution in [3.63, 3.8) is 0 Å². The summed E-state index contributed by atoms with van der Waals surface area (Å²) in [5.41, 5.74) is 3.11. The Bertz CT molecular complexity index is 858. The van der Waals surface area contributed by atoms with Crippen LogP contribution in [0.1, 0.15) is 90.5 Å². The molecule has 0 aromatic heterocycles. The number of aromatic hydroxyl groups is 1. The van der Waals surface area contributed by atoms with Gasteiger partial charge in [0.15, 0.2) is 5.78 Å². The molecule has 1 aromatic rings. The minimum absolute atomic E-state index is 0.0823. The smallest absolute Gasteiger partial charge is 0.155 e. The van der Waals surface area contributed by atoms with Crippen molar-refractivity contribution in [2.45, 2.75) is 97.5 Å². The average Bonchev–Trinajstić information content (AvgIpc) is 3.08. The fourth-order valence-corrected chi connectivity index (χ4v) is 7.62. The zero-order valence-electron chi connectivity index (χ0n) is 20.3. The van der Waals surface area contributed by atoms with Gasteiger partial charge < -0.3 is 10.2 Å². The van der Waals surface area contributed by atoms with Crippen LogP contribution in [0.15, 0.2) is 35.9 Å². The number of hydrogen-bond donors (Lipinski definition) is 2. The van der Waals surface area contributed by atoms with Gasteiger partial charge in [-0.2, -0.15) is 0 Å². The standard InChI is InChI=1S/C19H28O2.C10H14O/c1-18-9-7-13(20)11-12(18)3-4-14-15-5-6-17(21)19(15,2)10-8-16(14)18;1-2-3-5-9-6-4-7-10(11)8-9/h11,14-17,21H,3-10H2,1-2H3;4,6-8,11H,2-3,5H2,1H3. The number of phenolic OH excluding ortho intramolecular Hbond substituents is 1. The molecule has 4 aliphatic rings. The van der Waals surface area contributed by atoms with Crippen molar-refractivity contribution in [1.82, 2.24) is 0 Å². The molecule has 4 aliphatic carbocycles. The van der Waals surface area contributed by atoms with E-state index in [9.17, 15) is 9.90 Å². The third-order valence-corrected chi connectivity index (χ3v) is 9.64. The minimum Gasteiger partial charge on any atom is -0.508 e. The van der Waals surface area contributed by atoms with Gasteiger partial charge in [0.2, 0.25) is 0 Å². The van der Waals surface area contributed by atoms with E-state index in [0.717, 1.165) is 43.9 Å². The first-order valence-corrected chi connectivity index (χ1v) is 13.0. The molecular formula is C29H42O3. The number of allylic oxidation sites excluding steroid dienone is 1. The summed E-state index contributed by atoms with van der Waals surface area (Å²) in [7, 11) is 0. The van der Waals surface area contributed by atoms with Gasteiger partial charge in [0.1, 0.15) is 5.75 Å². The molecule has 0 saturated heterocycles. The topological polar surface area (TPSA) is 57.5 Å². The molecule has 0 aliphatic heterocycles. The number of hydrogen-bond acceptors (Lipinski definition) is 3. The first-order valence-electron chi connectivity index (χ1n) is 13.0. The number of unbranched alkanes of at least 4 members (excludes halogenated alkanes) is 1. The predicted octanol–water partition coefficient (Wildman–Crippen LogP) is 6.61. The molecule has 0 bridgehead atoms. The normalized spacial score (nSPS) is 38.0. The number of carbonyl (C=O) groups is 1. The lowest BCUT2D eigenvalue weighted by molar-refractivity contribution is -0.118. The second-order valence-corrected chi connectivity index (χ2v) is 11.4. The highest BCUT2D eigenvalue weighted by Gasteiger charge is 2.58. The van der Waals surface area contributed by atoms with Gasteiger partial charge in [0.25, 0.3) is 0 Å². The maximum absolute atomic E-state index is 11.8. The highest BCUT2D eigenvalue weighted by Crippen LogP contribution is 2.65. The zero-order chi connectivity index (χ0) is 22.9. The molecule has 0 spiro atoms. The van der Waals surface area contributed by atoms with Gasteiger partial charge in [-0.05, 0) is 110 Å². The summed E-state index contributed by atoms with van der Waals surface area (Å²) in [5.74, 6) is 2.95. The molecule has 1 aromatic carbocycles. The Kier molecular flexibility index (Phi) is 6.86. The van der Waals surface area contributed by atoms with E-state index >= 15 is 0 Å². The van der Waals surface area contributed by atoms with Crippen molar-refractivity contribution >= 4 is 5.78 Å². The molecule has 2 N–H and O–H groups in total. The van der Waals surface area contributed by atoms with E-state index in [4.69, 9.17) is 5.11 Å². The third-order valence-electron chi connectivity index (χ3n) is 9.64. The summed E-state index contributed by atoms with van der Waals surface area (Å²) < 4.78 is 0. The Morgan fingerprint density at radius 1 is 1.03 bits per heavy atom. The van der Waals surface area contributed by atoms with Crippen LogP contribution in [-0.4, -0.2) is 22.1 Å². The molecular weight excluding hydrogens is 396 g/mol. The summed E-state index contributed by atoms with van der Waals surface area (Å²) in [6.45, 7) is 6.93. The Labute approximate surface area is 194 Å². The van der Waals surface area contributed by atoms with Crippen LogP contribution >= 0.6 is 0 Å². The SMILES string of the molecule is CC12CCC(=O)C=C1CCC1C2CCC2(C)C(O)CCC12.CCCCc1cccc(O)c1. The van der Waals surface area contributed by atoms with Crippen molar-refractivity contribution in [3.8, 4) is 5.75 Å². The monoisotopic (exact) mass is 438 g/mol. The van der Waals surface area contributed by atoms with E-state index in [1.807, 2.05) is 18.2 Å². The lowest BCUT2D eigenvalue weighted by Gasteiger charge is -2.57. The van der Waals surface area contributed by atoms with Gasteiger partial charge in [0, 0.05) is 6.42 Å². The molecule has 6 unspecified atom stereocenters. The van der Waals surface area contributed by atoms with Crippen LogP contribution < -0.4 is 0 Å². The van der Waals surface area contributed by atoms with Gasteiger partial charge in [-0.1, -0.05) is 44.9 Å². The number of ketones is 1. The van der Waals surface area contributed by atoms with E-state index in [1.165, 1.54) is 49.7 Å². The Balaban J connectivity index is 0.000000189. The molecule has 32 heavy (non-hydrogen) atoms. The van der Waals surface area contributed by atoms with Gasteiger partial charge in [-0.25, -0.2) is 0 Å². The lowest BCUT2D eigenvalue weighted by atomic mass is 9.47. The van der Waals surface area contributed by atoms with Crippen molar-refractivity contribution in [2.75, 3.05) is 0 Å².